The lowest BCUT2D eigenvalue weighted by atomic mass is 9.80. The van der Waals surface area contributed by atoms with Gasteiger partial charge >= 0.3 is 5.97 Å². The van der Waals surface area contributed by atoms with Crippen molar-refractivity contribution in [3.63, 3.8) is 0 Å². The van der Waals surface area contributed by atoms with Crippen molar-refractivity contribution in [2.24, 2.45) is 0 Å². The van der Waals surface area contributed by atoms with Crippen LogP contribution in [0, 0.1) is 0 Å². The minimum Gasteiger partial charge on any atom is -0.468 e. The van der Waals surface area contributed by atoms with Crippen molar-refractivity contribution < 1.29 is 13.9 Å². The van der Waals surface area contributed by atoms with E-state index in [1.807, 2.05) is 97.1 Å². The van der Waals surface area contributed by atoms with Crippen LogP contribution in [0.25, 0.3) is 22.6 Å². The van der Waals surface area contributed by atoms with Crippen LogP contribution in [0.2, 0.25) is 0 Å². The average Bonchev–Trinajstić information content (AvgIpc) is 3.49. The first-order valence-corrected chi connectivity index (χ1v) is 12.0. The number of hydrogen-bond donors (Lipinski definition) is 0. The Labute approximate surface area is 210 Å². The van der Waals surface area contributed by atoms with Crippen molar-refractivity contribution in [3.8, 4) is 22.6 Å². The summed E-state index contributed by atoms with van der Waals surface area (Å²) in [5.41, 5.74) is 2.85. The minimum absolute atomic E-state index is 0.351. The zero-order valence-corrected chi connectivity index (χ0v) is 19.9. The predicted molar refractivity (Wildman–Crippen MR) is 139 cm³/mol. The predicted octanol–water partition coefficient (Wildman–Crippen LogP) is 6.81. The Kier molecular flexibility index (Phi) is 5.30. The molecule has 1 atom stereocenters. The van der Waals surface area contributed by atoms with E-state index in [0.29, 0.717) is 23.8 Å². The standard InChI is InChI=1S/C32H25NO3/c1-35-30(34)32(22-31(32,25-18-10-4-11-19-25)26-20-12-5-13-21-26)29-33-27(23-14-6-2-7-15-23)28(36-29)24-16-8-3-9-17-24/h2-21H,22H2,1H3/t32-/m1/s1. The molecule has 1 saturated carbocycles. The summed E-state index contributed by atoms with van der Waals surface area (Å²) in [5, 5.41) is 0. The lowest BCUT2D eigenvalue weighted by Gasteiger charge is -2.23. The van der Waals surface area contributed by atoms with Crippen molar-refractivity contribution in [2.75, 3.05) is 7.11 Å². The second-order valence-electron chi connectivity index (χ2n) is 9.14. The molecule has 0 amide bonds. The van der Waals surface area contributed by atoms with E-state index in [9.17, 15) is 4.79 Å². The van der Waals surface area contributed by atoms with Crippen LogP contribution in [0.4, 0.5) is 0 Å². The molecule has 0 aliphatic heterocycles. The highest BCUT2D eigenvalue weighted by atomic mass is 16.5. The number of esters is 1. The van der Waals surface area contributed by atoms with Gasteiger partial charge in [-0.15, -0.1) is 0 Å². The number of rotatable bonds is 6. The monoisotopic (exact) mass is 471 g/mol. The Morgan fingerprint density at radius 1 is 0.722 bits per heavy atom. The van der Waals surface area contributed by atoms with Crippen LogP contribution in [0.15, 0.2) is 126 Å². The van der Waals surface area contributed by atoms with E-state index in [-0.39, 0.29) is 5.97 Å². The third-order valence-electron chi connectivity index (χ3n) is 7.28. The molecular formula is C32H25NO3. The maximum absolute atomic E-state index is 13.7. The first-order chi connectivity index (χ1) is 17.7. The highest BCUT2D eigenvalue weighted by Crippen LogP contribution is 2.69. The summed E-state index contributed by atoms with van der Waals surface area (Å²) < 4.78 is 12.0. The van der Waals surface area contributed by atoms with Gasteiger partial charge in [0.25, 0.3) is 0 Å². The second-order valence-corrected chi connectivity index (χ2v) is 9.14. The number of carbonyl (C=O) groups excluding carboxylic acids is 1. The van der Waals surface area contributed by atoms with Crippen molar-refractivity contribution in [3.05, 3.63) is 138 Å². The normalized spacial score (nSPS) is 17.9. The van der Waals surface area contributed by atoms with E-state index in [0.717, 1.165) is 22.3 Å². The second kappa shape index (κ2) is 8.65. The van der Waals surface area contributed by atoms with E-state index in [4.69, 9.17) is 14.1 Å². The lowest BCUT2D eigenvalue weighted by molar-refractivity contribution is -0.144. The quantitative estimate of drug-likeness (QED) is 0.255. The fraction of sp³-hybridized carbons (Fsp3) is 0.125. The summed E-state index contributed by atoms with van der Waals surface area (Å²) in [5.74, 6) is 0.664. The molecule has 1 aliphatic rings. The van der Waals surface area contributed by atoms with Crippen molar-refractivity contribution >= 4 is 5.97 Å². The van der Waals surface area contributed by atoms with Gasteiger partial charge in [0.05, 0.1) is 7.11 Å². The number of nitrogens with zero attached hydrogens (tertiary/aromatic N) is 1. The van der Waals surface area contributed by atoms with Gasteiger partial charge in [0.1, 0.15) is 5.69 Å². The van der Waals surface area contributed by atoms with E-state index in [2.05, 4.69) is 24.3 Å². The fourth-order valence-electron chi connectivity index (χ4n) is 5.51. The number of aromatic nitrogens is 1. The highest BCUT2D eigenvalue weighted by Gasteiger charge is 2.78. The summed E-state index contributed by atoms with van der Waals surface area (Å²) in [6.45, 7) is 0. The highest BCUT2D eigenvalue weighted by molar-refractivity contribution is 5.92. The van der Waals surface area contributed by atoms with Gasteiger partial charge < -0.3 is 9.15 Å². The smallest absolute Gasteiger partial charge is 0.322 e. The lowest BCUT2D eigenvalue weighted by Crippen LogP contribution is -2.33. The van der Waals surface area contributed by atoms with Crippen LogP contribution in [0.5, 0.6) is 0 Å². The van der Waals surface area contributed by atoms with Gasteiger partial charge in [-0.2, -0.15) is 0 Å². The zero-order chi connectivity index (χ0) is 24.6. The summed E-state index contributed by atoms with van der Waals surface area (Å²) in [6, 6.07) is 40.1. The molecule has 0 unspecified atom stereocenters. The maximum Gasteiger partial charge on any atom is 0.322 e. The topological polar surface area (TPSA) is 52.3 Å². The first-order valence-electron chi connectivity index (χ1n) is 12.0. The molecule has 36 heavy (non-hydrogen) atoms. The van der Waals surface area contributed by atoms with Crippen LogP contribution in [-0.4, -0.2) is 18.1 Å². The first kappa shape index (κ1) is 22.1. The van der Waals surface area contributed by atoms with Gasteiger partial charge in [0, 0.05) is 16.5 Å². The molecule has 176 valence electrons. The number of methoxy groups -OCH3 is 1. The van der Waals surface area contributed by atoms with E-state index in [1.165, 1.54) is 7.11 Å². The largest absolute Gasteiger partial charge is 0.468 e. The maximum atomic E-state index is 13.7. The van der Waals surface area contributed by atoms with Gasteiger partial charge in [-0.1, -0.05) is 121 Å². The van der Waals surface area contributed by atoms with Crippen molar-refractivity contribution in [1.82, 2.24) is 4.98 Å². The third kappa shape index (κ3) is 3.22. The number of ether oxygens (including phenoxy) is 1. The van der Waals surface area contributed by atoms with Gasteiger partial charge in [-0.05, 0) is 17.5 Å². The molecule has 4 nitrogen and oxygen atoms in total. The molecule has 1 fully saturated rings. The number of hydrogen-bond acceptors (Lipinski definition) is 4. The summed E-state index contributed by atoms with van der Waals surface area (Å²) >= 11 is 0. The van der Waals surface area contributed by atoms with Crippen LogP contribution in [0.1, 0.15) is 23.4 Å². The number of oxazole rings is 1. The molecule has 0 bridgehead atoms. The molecule has 4 heteroatoms. The molecule has 1 aromatic heterocycles. The molecule has 0 saturated heterocycles. The van der Waals surface area contributed by atoms with Crippen LogP contribution in [-0.2, 0) is 20.4 Å². The molecule has 0 N–H and O–H groups in total. The molecular weight excluding hydrogens is 446 g/mol. The van der Waals surface area contributed by atoms with Crippen LogP contribution < -0.4 is 0 Å². The van der Waals surface area contributed by atoms with E-state index < -0.39 is 10.8 Å². The van der Waals surface area contributed by atoms with Crippen LogP contribution >= 0.6 is 0 Å². The SMILES string of the molecule is COC(=O)[C@]1(c2nc(-c3ccccc3)c(-c3ccccc3)o2)CC1(c1ccccc1)c1ccccc1. The Morgan fingerprint density at radius 2 is 1.19 bits per heavy atom. The average molecular weight is 472 g/mol. The molecule has 1 aliphatic carbocycles. The number of benzene rings is 4. The molecule has 4 aromatic carbocycles. The molecule has 0 radical (unpaired) electrons. The Bertz CT molecular complexity index is 1400. The molecule has 0 spiro atoms. The molecule has 1 heterocycles. The van der Waals surface area contributed by atoms with E-state index in [1.54, 1.807) is 0 Å². The Hall–Kier alpha value is -4.44. The summed E-state index contributed by atoms with van der Waals surface area (Å²) in [6.07, 6.45) is 0.504. The van der Waals surface area contributed by atoms with Gasteiger partial charge in [-0.3, -0.25) is 4.79 Å². The Balaban J connectivity index is 1.62. The van der Waals surface area contributed by atoms with Crippen LogP contribution in [0.3, 0.4) is 0 Å². The number of carbonyl (C=O) groups is 1. The Morgan fingerprint density at radius 3 is 1.69 bits per heavy atom. The summed E-state index contributed by atoms with van der Waals surface area (Å²) in [4.78, 5) is 18.8. The molecule has 5 aromatic rings. The van der Waals surface area contributed by atoms with Gasteiger partial charge in [-0.25, -0.2) is 4.98 Å². The van der Waals surface area contributed by atoms with Crippen molar-refractivity contribution in [2.45, 2.75) is 17.3 Å². The van der Waals surface area contributed by atoms with Crippen molar-refractivity contribution in [1.29, 1.82) is 0 Å². The summed E-state index contributed by atoms with van der Waals surface area (Å²) in [7, 11) is 1.43. The van der Waals surface area contributed by atoms with Gasteiger partial charge in [0.15, 0.2) is 11.2 Å². The van der Waals surface area contributed by atoms with E-state index >= 15 is 0 Å². The minimum atomic E-state index is -1.10. The molecule has 6 rings (SSSR count). The third-order valence-corrected chi connectivity index (χ3v) is 7.28. The fourth-order valence-corrected chi connectivity index (χ4v) is 5.51. The zero-order valence-electron chi connectivity index (χ0n) is 19.9. The van der Waals surface area contributed by atoms with Gasteiger partial charge in [0.2, 0.25) is 5.89 Å².